The highest BCUT2D eigenvalue weighted by molar-refractivity contribution is 5.26. The van der Waals surface area contributed by atoms with Crippen LogP contribution in [0, 0.1) is 11.3 Å². The maximum absolute atomic E-state index is 13.4. The first-order valence-corrected chi connectivity index (χ1v) is 11.9. The van der Waals surface area contributed by atoms with Crippen molar-refractivity contribution in [2.45, 2.75) is 90.4 Å². The van der Waals surface area contributed by atoms with Crippen molar-refractivity contribution in [3.63, 3.8) is 0 Å². The van der Waals surface area contributed by atoms with Gasteiger partial charge in [-0.05, 0) is 81.0 Å². The second-order valence-corrected chi connectivity index (χ2v) is 8.76. The molecule has 0 heterocycles. The first-order valence-electron chi connectivity index (χ1n) is 11.9. The van der Waals surface area contributed by atoms with Crippen molar-refractivity contribution in [2.75, 3.05) is 6.54 Å². The van der Waals surface area contributed by atoms with Crippen molar-refractivity contribution in [2.24, 2.45) is 0 Å². The number of hydrogen-bond donors (Lipinski definition) is 0. The van der Waals surface area contributed by atoms with Crippen molar-refractivity contribution in [1.29, 1.82) is 5.26 Å². The second kappa shape index (κ2) is 14.0. The van der Waals surface area contributed by atoms with Gasteiger partial charge in [-0.3, -0.25) is 4.90 Å². The molecule has 0 amide bonds. The Balaban J connectivity index is 0.00000107. The van der Waals surface area contributed by atoms with E-state index in [0.29, 0.717) is 12.0 Å². The van der Waals surface area contributed by atoms with Crippen LogP contribution in [-0.2, 0) is 13.0 Å². The molecule has 0 saturated heterocycles. The van der Waals surface area contributed by atoms with E-state index in [4.69, 9.17) is 5.26 Å². The van der Waals surface area contributed by atoms with Crippen molar-refractivity contribution in [3.05, 3.63) is 71.3 Å². The molecule has 3 rings (SSSR count). The number of alkyl halides is 1. The van der Waals surface area contributed by atoms with E-state index >= 15 is 0 Å². The maximum atomic E-state index is 13.4. The van der Waals surface area contributed by atoms with Gasteiger partial charge in [0.25, 0.3) is 0 Å². The molecule has 168 valence electrons. The summed E-state index contributed by atoms with van der Waals surface area (Å²) in [5.41, 5.74) is 4.22. The van der Waals surface area contributed by atoms with Gasteiger partial charge in [-0.2, -0.15) is 5.26 Å². The topological polar surface area (TPSA) is 27.0 Å². The summed E-state index contributed by atoms with van der Waals surface area (Å²) in [6, 6.07) is 22.3. The predicted molar refractivity (Wildman–Crippen MR) is 129 cm³/mol. The minimum atomic E-state index is -0.570. The average Bonchev–Trinajstić information content (AvgIpc) is 2.79. The van der Waals surface area contributed by atoms with Gasteiger partial charge in [0.15, 0.2) is 0 Å². The van der Waals surface area contributed by atoms with Gasteiger partial charge in [0, 0.05) is 19.5 Å². The van der Waals surface area contributed by atoms with Crippen molar-refractivity contribution in [1.82, 2.24) is 4.90 Å². The minimum Gasteiger partial charge on any atom is -0.296 e. The number of halogens is 1. The molecule has 1 fully saturated rings. The van der Waals surface area contributed by atoms with Crippen LogP contribution in [-0.4, -0.2) is 23.7 Å². The Morgan fingerprint density at radius 2 is 1.61 bits per heavy atom. The lowest BCUT2D eigenvalue weighted by atomic mass is 9.83. The Morgan fingerprint density at radius 3 is 2.19 bits per heavy atom. The molecule has 0 aliphatic heterocycles. The Morgan fingerprint density at radius 1 is 1.00 bits per heavy atom. The normalized spacial score (nSPS) is 19.2. The van der Waals surface area contributed by atoms with Gasteiger partial charge in [0.1, 0.15) is 6.17 Å². The van der Waals surface area contributed by atoms with Gasteiger partial charge in [-0.15, -0.1) is 0 Å². The summed E-state index contributed by atoms with van der Waals surface area (Å²) in [5, 5.41) is 7.32. The molecule has 0 aromatic heterocycles. The summed E-state index contributed by atoms with van der Waals surface area (Å²) < 4.78 is 13.4. The summed E-state index contributed by atoms with van der Waals surface area (Å²) in [4.78, 5) is 2.61. The molecule has 1 saturated carbocycles. The molecule has 1 aliphatic rings. The zero-order valence-electron chi connectivity index (χ0n) is 19.6. The third-order valence-corrected chi connectivity index (χ3v) is 6.32. The molecule has 0 bridgehead atoms. The largest absolute Gasteiger partial charge is 0.296 e. The predicted octanol–water partition coefficient (Wildman–Crippen LogP) is 7.45. The van der Waals surface area contributed by atoms with E-state index in [9.17, 15) is 4.39 Å². The highest BCUT2D eigenvalue weighted by Crippen LogP contribution is 2.34. The van der Waals surface area contributed by atoms with Gasteiger partial charge in [0.2, 0.25) is 0 Å². The molecular weight excluding hydrogens is 383 g/mol. The van der Waals surface area contributed by atoms with E-state index in [2.05, 4.69) is 73.3 Å². The zero-order chi connectivity index (χ0) is 22.5. The molecule has 31 heavy (non-hydrogen) atoms. The van der Waals surface area contributed by atoms with Crippen LogP contribution in [0.4, 0.5) is 4.39 Å². The van der Waals surface area contributed by atoms with Crippen LogP contribution < -0.4 is 0 Å². The average molecular weight is 423 g/mol. The standard InChI is InChI=1S/C26H36FN.C2H3N/c1-3-19-28(20-23-7-5-4-6-8-23)21(2)9-10-22-11-13-24(14-12-22)25-15-17-26(27)18-16-25;1-2-3/h4-8,11-14,21,25-26H,3,9-10,15-20H2,1-2H3;1H3. The number of nitriles is 1. The third-order valence-electron chi connectivity index (χ3n) is 6.32. The summed E-state index contributed by atoms with van der Waals surface area (Å²) >= 11 is 0. The highest BCUT2D eigenvalue weighted by atomic mass is 19.1. The molecule has 3 heteroatoms. The number of nitrogens with zero attached hydrogens (tertiary/aromatic N) is 2. The van der Waals surface area contributed by atoms with Gasteiger partial charge < -0.3 is 0 Å². The molecule has 1 unspecified atom stereocenters. The molecule has 0 N–H and O–H groups in total. The number of rotatable bonds is 9. The van der Waals surface area contributed by atoms with Crippen molar-refractivity contribution >= 4 is 0 Å². The smallest absolute Gasteiger partial charge is 0.100 e. The van der Waals surface area contributed by atoms with E-state index in [1.54, 1.807) is 6.07 Å². The molecule has 1 aliphatic carbocycles. The van der Waals surface area contributed by atoms with Crippen LogP contribution in [0.1, 0.15) is 81.9 Å². The number of aryl methyl sites for hydroxylation is 1. The minimum absolute atomic E-state index is 0.561. The quantitative estimate of drug-likeness (QED) is 0.420. The first-order chi connectivity index (χ1) is 15.1. The van der Waals surface area contributed by atoms with E-state index in [-0.39, 0.29) is 0 Å². The molecule has 0 radical (unpaired) electrons. The second-order valence-electron chi connectivity index (χ2n) is 8.76. The lowest BCUT2D eigenvalue weighted by molar-refractivity contribution is 0.191. The van der Waals surface area contributed by atoms with E-state index in [1.165, 1.54) is 36.5 Å². The molecule has 1 atom stereocenters. The van der Waals surface area contributed by atoms with Gasteiger partial charge >= 0.3 is 0 Å². The molecular formula is C28H39FN2. The highest BCUT2D eigenvalue weighted by Gasteiger charge is 2.21. The molecule has 0 spiro atoms. The Labute approximate surface area is 189 Å². The Bertz CT molecular complexity index is 758. The lowest BCUT2D eigenvalue weighted by Crippen LogP contribution is -2.33. The number of benzene rings is 2. The van der Waals surface area contributed by atoms with E-state index < -0.39 is 6.17 Å². The summed E-state index contributed by atoms with van der Waals surface area (Å²) in [6.07, 6.45) is 6.39. The zero-order valence-corrected chi connectivity index (χ0v) is 19.6. The van der Waals surface area contributed by atoms with Crippen molar-refractivity contribution in [3.8, 4) is 6.07 Å². The van der Waals surface area contributed by atoms with E-state index in [1.807, 2.05) is 0 Å². The van der Waals surface area contributed by atoms with Gasteiger partial charge in [-0.25, -0.2) is 4.39 Å². The van der Waals surface area contributed by atoms with Crippen LogP contribution in [0.15, 0.2) is 54.6 Å². The van der Waals surface area contributed by atoms with Crippen molar-refractivity contribution < 1.29 is 4.39 Å². The fourth-order valence-electron chi connectivity index (χ4n) is 4.46. The van der Waals surface area contributed by atoms with E-state index in [0.717, 1.165) is 45.2 Å². The summed E-state index contributed by atoms with van der Waals surface area (Å²) in [5.74, 6) is 0.561. The van der Waals surface area contributed by atoms with Crippen LogP contribution in [0.2, 0.25) is 0 Å². The monoisotopic (exact) mass is 422 g/mol. The summed E-state index contributed by atoms with van der Waals surface area (Å²) in [7, 11) is 0. The van der Waals surface area contributed by atoms with Crippen LogP contribution >= 0.6 is 0 Å². The fourth-order valence-corrected chi connectivity index (χ4v) is 4.46. The first kappa shape index (κ1) is 25.1. The van der Waals surface area contributed by atoms with Crippen LogP contribution in [0.3, 0.4) is 0 Å². The fraction of sp³-hybridized carbons (Fsp3) is 0.536. The van der Waals surface area contributed by atoms with Crippen LogP contribution in [0.5, 0.6) is 0 Å². The third kappa shape index (κ3) is 8.83. The Hall–Kier alpha value is -2.18. The maximum Gasteiger partial charge on any atom is 0.100 e. The number of hydrogen-bond acceptors (Lipinski definition) is 2. The molecule has 2 nitrogen and oxygen atoms in total. The lowest BCUT2D eigenvalue weighted by Gasteiger charge is -2.29. The summed E-state index contributed by atoms with van der Waals surface area (Å²) in [6.45, 7) is 8.24. The molecule has 2 aromatic rings. The van der Waals surface area contributed by atoms with Gasteiger partial charge in [-0.1, -0.05) is 61.5 Å². The SMILES string of the molecule is CC#N.CCCN(Cc1ccccc1)C(C)CCc1ccc(C2CCC(F)CC2)cc1. The Kier molecular flexibility index (Phi) is 11.3. The van der Waals surface area contributed by atoms with Crippen LogP contribution in [0.25, 0.3) is 0 Å². The van der Waals surface area contributed by atoms with Gasteiger partial charge in [0.05, 0.1) is 6.07 Å². The molecule has 2 aromatic carbocycles.